The molecule has 0 saturated carbocycles. The number of aromatic amines is 1. The monoisotopic (exact) mass is 278 g/mol. The predicted octanol–water partition coefficient (Wildman–Crippen LogP) is -0.715. The molecule has 2 rings (SSSR count). The van der Waals surface area contributed by atoms with Crippen LogP contribution in [0.25, 0.3) is 0 Å². The Balaban J connectivity index is 2.31. The number of nitrogens with one attached hydrogen (secondary N) is 1. The summed E-state index contributed by atoms with van der Waals surface area (Å²) in [6.07, 6.45) is 1.72. The average molecular weight is 278 g/mol. The van der Waals surface area contributed by atoms with E-state index in [0.717, 1.165) is 4.57 Å². The number of Topliss-reactive ketones (excluding diaryl/α,β-unsaturated/α-hetero) is 1. The maximum Gasteiger partial charge on any atom is 0.330 e. The molecule has 0 fully saturated rings. The molecule has 0 saturated heterocycles. The zero-order chi connectivity index (χ0) is 14.9. The Bertz CT molecular complexity index is 770. The van der Waals surface area contributed by atoms with Gasteiger partial charge >= 0.3 is 5.69 Å². The lowest BCUT2D eigenvalue weighted by Gasteiger charge is -2.06. The number of unbranched alkanes of at least 4 members (excludes halogenated alkanes) is 1. The Morgan fingerprint density at radius 1 is 1.25 bits per heavy atom. The number of hydrogen-bond donors (Lipinski definition) is 1. The van der Waals surface area contributed by atoms with Gasteiger partial charge in [0.15, 0.2) is 10.8 Å². The highest BCUT2D eigenvalue weighted by atomic mass is 16.2. The summed E-state index contributed by atoms with van der Waals surface area (Å²) >= 11 is 0. The van der Waals surface area contributed by atoms with Gasteiger partial charge in [0.25, 0.3) is 5.56 Å². The first-order valence-corrected chi connectivity index (χ1v) is 6.62. The summed E-state index contributed by atoms with van der Waals surface area (Å²) in [6, 6.07) is 0. The van der Waals surface area contributed by atoms with Crippen molar-refractivity contribution >= 4 is 5.78 Å². The fraction of sp³-hybridized carbons (Fsp3) is 0.615. The molecule has 0 spiro atoms. The van der Waals surface area contributed by atoms with Gasteiger partial charge in [-0.25, -0.2) is 14.8 Å². The summed E-state index contributed by atoms with van der Waals surface area (Å²) in [5.41, 5.74) is -1.35. The van der Waals surface area contributed by atoms with Gasteiger partial charge in [-0.1, -0.05) is 0 Å². The van der Waals surface area contributed by atoms with Gasteiger partial charge in [-0.2, -0.15) is 0 Å². The summed E-state index contributed by atoms with van der Waals surface area (Å²) in [4.78, 5) is 45.9. The second-order valence-corrected chi connectivity index (χ2v) is 5.46. The van der Waals surface area contributed by atoms with Crippen molar-refractivity contribution in [1.29, 1.82) is 0 Å². The van der Waals surface area contributed by atoms with Crippen LogP contribution in [0.1, 0.15) is 40.0 Å². The van der Waals surface area contributed by atoms with Crippen LogP contribution in [-0.2, 0) is 11.3 Å². The van der Waals surface area contributed by atoms with Gasteiger partial charge in [0.05, 0.1) is 0 Å². The van der Waals surface area contributed by atoms with Gasteiger partial charge in [-0.05, 0) is 33.6 Å². The van der Waals surface area contributed by atoms with Gasteiger partial charge in [-0.15, -0.1) is 0 Å². The summed E-state index contributed by atoms with van der Waals surface area (Å²) in [5.74, 6) is 0.107. The van der Waals surface area contributed by atoms with Crippen LogP contribution in [0.5, 0.6) is 0 Å². The van der Waals surface area contributed by atoms with E-state index < -0.39 is 16.9 Å². The molecule has 1 aromatic rings. The van der Waals surface area contributed by atoms with Gasteiger partial charge in [0.1, 0.15) is 11.4 Å². The van der Waals surface area contributed by atoms with Crippen molar-refractivity contribution in [3.63, 3.8) is 0 Å². The van der Waals surface area contributed by atoms with Crippen LogP contribution < -0.4 is 22.1 Å². The average Bonchev–Trinajstić information content (AvgIpc) is 2.62. The lowest BCUT2D eigenvalue weighted by atomic mass is 10.2. The van der Waals surface area contributed by atoms with Crippen LogP contribution in [0.2, 0.25) is 0 Å². The molecule has 0 amide bonds. The van der Waals surface area contributed by atoms with E-state index in [1.807, 2.05) is 0 Å². The van der Waals surface area contributed by atoms with Crippen LogP contribution >= 0.6 is 0 Å². The smallest absolute Gasteiger partial charge is 0.300 e. The third-order valence-electron chi connectivity index (χ3n) is 3.07. The maximum absolute atomic E-state index is 12.2. The van der Waals surface area contributed by atoms with Crippen molar-refractivity contribution in [3.8, 4) is 0 Å². The van der Waals surface area contributed by atoms with E-state index in [9.17, 15) is 14.4 Å². The van der Waals surface area contributed by atoms with Crippen LogP contribution in [-0.4, -0.2) is 21.0 Å². The summed E-state index contributed by atoms with van der Waals surface area (Å²) < 4.78 is 1.12. The zero-order valence-corrected chi connectivity index (χ0v) is 11.9. The number of carbonyl (C=O) groups excluding carboxylic acids is 1. The van der Waals surface area contributed by atoms with Gasteiger partial charge in [-0.3, -0.25) is 14.3 Å². The van der Waals surface area contributed by atoms with Crippen molar-refractivity contribution in [1.82, 2.24) is 9.55 Å². The Morgan fingerprint density at radius 2 is 1.95 bits per heavy atom. The molecule has 1 aliphatic rings. The van der Waals surface area contributed by atoms with Crippen LogP contribution in [0.15, 0.2) is 19.6 Å². The first-order valence-electron chi connectivity index (χ1n) is 6.62. The van der Waals surface area contributed by atoms with Crippen molar-refractivity contribution in [2.75, 3.05) is 0 Å². The fourth-order valence-electron chi connectivity index (χ4n) is 2.15. The molecule has 20 heavy (non-hydrogen) atoms. The Morgan fingerprint density at radius 3 is 2.60 bits per heavy atom. The van der Waals surface area contributed by atoms with E-state index in [4.69, 9.17) is 0 Å². The number of rotatable bonds is 5. The van der Waals surface area contributed by atoms with Gasteiger partial charge in [0, 0.05) is 13.0 Å². The molecule has 108 valence electrons. The van der Waals surface area contributed by atoms with E-state index in [2.05, 4.69) is 15.0 Å². The first kappa shape index (κ1) is 14.4. The largest absolute Gasteiger partial charge is 0.330 e. The van der Waals surface area contributed by atoms with Crippen molar-refractivity contribution < 1.29 is 4.79 Å². The molecule has 0 radical (unpaired) electrons. The van der Waals surface area contributed by atoms with E-state index in [-0.39, 0.29) is 23.2 Å². The third kappa shape index (κ3) is 2.92. The van der Waals surface area contributed by atoms with Gasteiger partial charge < -0.3 is 4.79 Å². The standard InChI is InChI=1S/C13H18N4O3/c1-8(18)6-4-5-7-17-11(19)9-10(14-12(17)20)16-13(2,3)15-9/h4-7H2,1-3H3,(H,14,16,20). The number of H-pyrrole nitrogens is 1. The molecule has 0 atom stereocenters. The summed E-state index contributed by atoms with van der Waals surface area (Å²) in [6.45, 7) is 5.34. The minimum Gasteiger partial charge on any atom is -0.300 e. The predicted molar refractivity (Wildman–Crippen MR) is 72.2 cm³/mol. The fourth-order valence-corrected chi connectivity index (χ4v) is 2.15. The summed E-state index contributed by atoms with van der Waals surface area (Å²) in [5, 5.41) is 0.209. The number of fused-ring (bicyclic) bond motifs is 1. The van der Waals surface area contributed by atoms with Crippen molar-refractivity contribution in [2.45, 2.75) is 52.2 Å². The SMILES string of the molecule is CC(=O)CCCCn1c(=O)[nH]c2c(c1=O)=NC(C)(C)N=2. The van der Waals surface area contributed by atoms with E-state index >= 15 is 0 Å². The second-order valence-electron chi connectivity index (χ2n) is 5.46. The highest BCUT2D eigenvalue weighted by molar-refractivity contribution is 5.75. The Kier molecular flexibility index (Phi) is 3.69. The number of ketones is 1. The molecule has 0 aromatic carbocycles. The molecule has 2 heterocycles. The Hall–Kier alpha value is -2.05. The minimum atomic E-state index is -0.710. The molecular weight excluding hydrogens is 260 g/mol. The normalized spacial score (nSPS) is 15.3. The molecule has 0 unspecified atom stereocenters. The maximum atomic E-state index is 12.2. The lowest BCUT2D eigenvalue weighted by molar-refractivity contribution is -0.117. The minimum absolute atomic E-state index is 0.107. The third-order valence-corrected chi connectivity index (χ3v) is 3.07. The molecule has 1 aliphatic heterocycles. The second kappa shape index (κ2) is 5.15. The van der Waals surface area contributed by atoms with E-state index in [1.54, 1.807) is 13.8 Å². The molecule has 7 nitrogen and oxygen atoms in total. The van der Waals surface area contributed by atoms with Crippen molar-refractivity contribution in [2.24, 2.45) is 9.98 Å². The van der Waals surface area contributed by atoms with Crippen LogP contribution in [0.4, 0.5) is 0 Å². The Labute approximate surface area is 115 Å². The first-order chi connectivity index (χ1) is 9.30. The quantitative estimate of drug-likeness (QED) is 0.720. The number of hydrogen-bond acceptors (Lipinski definition) is 5. The lowest BCUT2D eigenvalue weighted by Crippen LogP contribution is -2.52. The highest BCUT2D eigenvalue weighted by Crippen LogP contribution is 2.08. The van der Waals surface area contributed by atoms with E-state index in [0.29, 0.717) is 19.3 Å². The highest BCUT2D eigenvalue weighted by Gasteiger charge is 2.21. The molecule has 1 N–H and O–H groups in total. The van der Waals surface area contributed by atoms with Crippen LogP contribution in [0.3, 0.4) is 0 Å². The number of aromatic nitrogens is 2. The molecular formula is C13H18N4O3. The molecule has 0 aliphatic carbocycles. The summed E-state index contributed by atoms with van der Waals surface area (Å²) in [7, 11) is 0. The molecule has 7 heteroatoms. The number of nitrogens with zero attached hydrogens (tertiary/aromatic N) is 3. The van der Waals surface area contributed by atoms with E-state index in [1.165, 1.54) is 6.92 Å². The topological polar surface area (TPSA) is 96.7 Å². The molecule has 1 aromatic heterocycles. The number of carbonyl (C=O) groups is 1. The van der Waals surface area contributed by atoms with Gasteiger partial charge in [0.2, 0.25) is 0 Å². The van der Waals surface area contributed by atoms with Crippen LogP contribution in [0, 0.1) is 0 Å². The molecule has 0 bridgehead atoms. The van der Waals surface area contributed by atoms with Crippen molar-refractivity contribution in [3.05, 3.63) is 31.7 Å². The zero-order valence-electron chi connectivity index (χ0n) is 11.9.